The molecule has 1 N–H and O–H groups in total. The van der Waals surface area contributed by atoms with Gasteiger partial charge in [0.05, 0.1) is 25.4 Å². The zero-order valence-electron chi connectivity index (χ0n) is 12.4. The number of rotatable bonds is 3. The maximum absolute atomic E-state index is 9.20. The first-order chi connectivity index (χ1) is 10.3. The Morgan fingerprint density at radius 1 is 1.43 bits per heavy atom. The smallest absolute Gasteiger partial charge is 0.140 e. The van der Waals surface area contributed by atoms with Crippen molar-refractivity contribution in [1.29, 1.82) is 5.26 Å². The second-order valence-corrected chi connectivity index (χ2v) is 5.49. The molecule has 1 atom stereocenters. The lowest BCUT2D eigenvalue weighted by molar-refractivity contribution is 0.0130. The Kier molecular flexibility index (Phi) is 4.39. The average molecular weight is 287 g/mol. The highest BCUT2D eigenvalue weighted by molar-refractivity contribution is 5.53. The standard InChI is InChI=1S/C16H21N3O2/c1-20-16-12(10-17)2-3-13-14(16)4-9-21-15(13)11-19-7-5-18-6-8-19/h2-3,15,18H,4-9,11H2,1H3. The molecule has 2 aliphatic heterocycles. The van der Waals surface area contributed by atoms with Crippen molar-refractivity contribution in [3.63, 3.8) is 0 Å². The van der Waals surface area contributed by atoms with Crippen LogP contribution in [0.25, 0.3) is 0 Å². The topological polar surface area (TPSA) is 57.5 Å². The zero-order chi connectivity index (χ0) is 14.7. The van der Waals surface area contributed by atoms with E-state index in [1.165, 1.54) is 5.56 Å². The molecule has 0 saturated carbocycles. The van der Waals surface area contributed by atoms with E-state index in [-0.39, 0.29) is 6.10 Å². The molecule has 1 unspecified atom stereocenters. The molecule has 0 spiro atoms. The van der Waals surface area contributed by atoms with Crippen LogP contribution in [0.3, 0.4) is 0 Å². The van der Waals surface area contributed by atoms with Crippen molar-refractivity contribution in [2.45, 2.75) is 12.5 Å². The molecule has 0 aromatic heterocycles. The van der Waals surface area contributed by atoms with Crippen molar-refractivity contribution in [1.82, 2.24) is 10.2 Å². The fourth-order valence-electron chi connectivity index (χ4n) is 3.20. The quantitative estimate of drug-likeness (QED) is 0.902. The molecule has 1 fully saturated rings. The Labute approximate surface area is 125 Å². The fraction of sp³-hybridized carbons (Fsp3) is 0.562. The molecular formula is C16H21N3O2. The summed E-state index contributed by atoms with van der Waals surface area (Å²) in [7, 11) is 1.64. The molecule has 5 nitrogen and oxygen atoms in total. The lowest BCUT2D eigenvalue weighted by Crippen LogP contribution is -2.45. The predicted molar refractivity (Wildman–Crippen MR) is 79.4 cm³/mol. The van der Waals surface area contributed by atoms with Crippen molar-refractivity contribution in [3.05, 3.63) is 28.8 Å². The van der Waals surface area contributed by atoms with E-state index in [9.17, 15) is 5.26 Å². The molecule has 1 saturated heterocycles. The van der Waals surface area contributed by atoms with Crippen LogP contribution in [-0.2, 0) is 11.2 Å². The van der Waals surface area contributed by atoms with Crippen LogP contribution < -0.4 is 10.1 Å². The third kappa shape index (κ3) is 2.88. The van der Waals surface area contributed by atoms with Crippen LogP contribution in [0, 0.1) is 11.3 Å². The second-order valence-electron chi connectivity index (χ2n) is 5.49. The molecule has 0 aliphatic carbocycles. The first-order valence-electron chi connectivity index (χ1n) is 7.48. The van der Waals surface area contributed by atoms with E-state index in [1.807, 2.05) is 12.1 Å². The third-order valence-electron chi connectivity index (χ3n) is 4.27. The van der Waals surface area contributed by atoms with Gasteiger partial charge in [0.25, 0.3) is 0 Å². The number of ether oxygens (including phenoxy) is 2. The molecule has 0 amide bonds. The Morgan fingerprint density at radius 2 is 2.24 bits per heavy atom. The summed E-state index contributed by atoms with van der Waals surface area (Å²) in [6.45, 7) is 5.79. The fourth-order valence-corrected chi connectivity index (χ4v) is 3.20. The highest BCUT2D eigenvalue weighted by atomic mass is 16.5. The van der Waals surface area contributed by atoms with Crippen molar-refractivity contribution < 1.29 is 9.47 Å². The van der Waals surface area contributed by atoms with E-state index in [1.54, 1.807) is 7.11 Å². The first kappa shape index (κ1) is 14.3. The van der Waals surface area contributed by atoms with Crippen LogP contribution >= 0.6 is 0 Å². The summed E-state index contributed by atoms with van der Waals surface area (Å²) >= 11 is 0. The average Bonchev–Trinajstić information content (AvgIpc) is 2.55. The van der Waals surface area contributed by atoms with Crippen LogP contribution in [0.5, 0.6) is 5.75 Å². The molecule has 0 bridgehead atoms. The first-order valence-corrected chi connectivity index (χ1v) is 7.48. The van der Waals surface area contributed by atoms with Gasteiger partial charge in [-0.05, 0) is 18.1 Å². The number of fused-ring (bicyclic) bond motifs is 1. The van der Waals surface area contributed by atoms with Crippen LogP contribution in [0.1, 0.15) is 22.8 Å². The number of benzene rings is 1. The van der Waals surface area contributed by atoms with Gasteiger partial charge < -0.3 is 14.8 Å². The Morgan fingerprint density at radius 3 is 2.95 bits per heavy atom. The molecule has 1 aromatic rings. The lowest BCUT2D eigenvalue weighted by atomic mass is 9.93. The van der Waals surface area contributed by atoms with Crippen LogP contribution in [0.4, 0.5) is 0 Å². The summed E-state index contributed by atoms with van der Waals surface area (Å²) in [5.41, 5.74) is 2.93. The van der Waals surface area contributed by atoms with Gasteiger partial charge in [-0.15, -0.1) is 0 Å². The van der Waals surface area contributed by atoms with Gasteiger partial charge in [0.1, 0.15) is 11.8 Å². The number of methoxy groups -OCH3 is 1. The van der Waals surface area contributed by atoms with E-state index < -0.39 is 0 Å². The normalized spacial score (nSPS) is 22.4. The van der Waals surface area contributed by atoms with Gasteiger partial charge in [0, 0.05) is 38.3 Å². The Bertz CT molecular complexity index is 547. The SMILES string of the molecule is COc1c(C#N)ccc2c1CCOC2CN1CCNCC1. The molecular weight excluding hydrogens is 266 g/mol. The highest BCUT2D eigenvalue weighted by Crippen LogP contribution is 2.35. The van der Waals surface area contributed by atoms with E-state index in [0.29, 0.717) is 12.2 Å². The van der Waals surface area contributed by atoms with Crippen LogP contribution in [0.15, 0.2) is 12.1 Å². The number of hydrogen-bond donors (Lipinski definition) is 1. The van der Waals surface area contributed by atoms with Crippen LogP contribution in [-0.4, -0.2) is 51.3 Å². The lowest BCUT2D eigenvalue weighted by Gasteiger charge is -2.34. The number of nitriles is 1. The Balaban J connectivity index is 1.86. The second kappa shape index (κ2) is 6.44. The van der Waals surface area contributed by atoms with Gasteiger partial charge in [0.15, 0.2) is 0 Å². The minimum Gasteiger partial charge on any atom is -0.495 e. The third-order valence-corrected chi connectivity index (χ3v) is 4.27. The molecule has 21 heavy (non-hydrogen) atoms. The number of hydrogen-bond acceptors (Lipinski definition) is 5. The Hall–Kier alpha value is -1.61. The van der Waals surface area contributed by atoms with Gasteiger partial charge in [-0.25, -0.2) is 0 Å². The summed E-state index contributed by atoms with van der Waals surface area (Å²) in [5, 5.41) is 12.6. The van der Waals surface area contributed by atoms with Crippen molar-refractivity contribution in [2.75, 3.05) is 46.4 Å². The highest BCUT2D eigenvalue weighted by Gasteiger charge is 2.27. The molecule has 1 aromatic carbocycles. The van der Waals surface area contributed by atoms with Gasteiger partial charge in [-0.2, -0.15) is 5.26 Å². The minimum absolute atomic E-state index is 0.0773. The molecule has 112 valence electrons. The van der Waals surface area contributed by atoms with E-state index >= 15 is 0 Å². The van der Waals surface area contributed by atoms with E-state index in [2.05, 4.69) is 16.3 Å². The maximum Gasteiger partial charge on any atom is 0.140 e. The van der Waals surface area contributed by atoms with Crippen molar-refractivity contribution in [2.24, 2.45) is 0 Å². The van der Waals surface area contributed by atoms with Gasteiger partial charge in [-0.3, -0.25) is 4.90 Å². The predicted octanol–water partition coefficient (Wildman–Crippen LogP) is 1.09. The maximum atomic E-state index is 9.20. The number of nitrogens with one attached hydrogen (secondary N) is 1. The van der Waals surface area contributed by atoms with Crippen molar-refractivity contribution in [3.8, 4) is 11.8 Å². The summed E-state index contributed by atoms with van der Waals surface area (Å²) in [4.78, 5) is 2.43. The zero-order valence-corrected chi connectivity index (χ0v) is 12.4. The summed E-state index contributed by atoms with van der Waals surface area (Å²) < 4.78 is 11.5. The molecule has 3 rings (SSSR count). The summed E-state index contributed by atoms with van der Waals surface area (Å²) in [5.74, 6) is 0.726. The van der Waals surface area contributed by atoms with Crippen molar-refractivity contribution >= 4 is 0 Å². The number of nitrogens with zero attached hydrogens (tertiary/aromatic N) is 2. The van der Waals surface area contributed by atoms with Gasteiger partial charge in [-0.1, -0.05) is 6.07 Å². The largest absolute Gasteiger partial charge is 0.495 e. The summed E-state index contributed by atoms with van der Waals surface area (Å²) in [6.07, 6.45) is 0.889. The molecule has 2 heterocycles. The number of piperazine rings is 1. The molecule has 2 aliphatic rings. The van der Waals surface area contributed by atoms with E-state index in [4.69, 9.17) is 9.47 Å². The van der Waals surface area contributed by atoms with Gasteiger partial charge >= 0.3 is 0 Å². The summed E-state index contributed by atoms with van der Waals surface area (Å²) in [6, 6.07) is 6.08. The van der Waals surface area contributed by atoms with Gasteiger partial charge in [0.2, 0.25) is 0 Å². The molecule has 5 heteroatoms. The molecule has 0 radical (unpaired) electrons. The monoisotopic (exact) mass is 287 g/mol. The van der Waals surface area contributed by atoms with Crippen LogP contribution in [0.2, 0.25) is 0 Å². The minimum atomic E-state index is 0.0773. The van der Waals surface area contributed by atoms with E-state index in [0.717, 1.165) is 50.5 Å².